The van der Waals surface area contributed by atoms with Gasteiger partial charge in [0, 0.05) is 0 Å². The summed E-state index contributed by atoms with van der Waals surface area (Å²) in [5, 5.41) is 0. The van der Waals surface area contributed by atoms with Crippen LogP contribution in [0.1, 0.15) is 56.9 Å². The molecule has 23 heavy (non-hydrogen) atoms. The standard InChI is InChI=1S/C20H26F2O/c21-19-17(10-4-9-15-7-3-8-15)11-12-18(20(19)22)23-14-13-16-5-1-2-6-16/h4,9,11-12,15-16H,1-3,5-8,10,13-14H2/b9-4+. The molecule has 2 aliphatic carbocycles. The van der Waals surface area contributed by atoms with Gasteiger partial charge in [0.25, 0.3) is 0 Å². The third kappa shape index (κ3) is 4.33. The minimum atomic E-state index is -0.842. The Morgan fingerprint density at radius 2 is 1.78 bits per heavy atom. The lowest BCUT2D eigenvalue weighted by Gasteiger charge is -2.21. The normalized spacial score (nSPS) is 19.4. The summed E-state index contributed by atoms with van der Waals surface area (Å²) in [6.07, 6.45) is 14.3. The van der Waals surface area contributed by atoms with E-state index >= 15 is 0 Å². The highest BCUT2D eigenvalue weighted by molar-refractivity contribution is 5.32. The first-order valence-corrected chi connectivity index (χ1v) is 9.00. The van der Waals surface area contributed by atoms with Crippen LogP contribution in [0.4, 0.5) is 8.78 Å². The molecule has 0 bridgehead atoms. The lowest BCUT2D eigenvalue weighted by atomic mass is 9.85. The number of allylic oxidation sites excluding steroid dienone is 2. The molecular formula is C20H26F2O. The monoisotopic (exact) mass is 320 g/mol. The summed E-state index contributed by atoms with van der Waals surface area (Å²) in [7, 11) is 0. The number of rotatable bonds is 7. The summed E-state index contributed by atoms with van der Waals surface area (Å²) in [5.74, 6) is -0.222. The van der Waals surface area contributed by atoms with Crippen molar-refractivity contribution in [3.63, 3.8) is 0 Å². The zero-order valence-corrected chi connectivity index (χ0v) is 13.7. The van der Waals surface area contributed by atoms with Gasteiger partial charge in [0.15, 0.2) is 11.6 Å². The molecule has 2 saturated carbocycles. The van der Waals surface area contributed by atoms with Crippen molar-refractivity contribution in [1.82, 2.24) is 0 Å². The van der Waals surface area contributed by atoms with E-state index in [1.807, 2.05) is 6.08 Å². The largest absolute Gasteiger partial charge is 0.490 e. The number of hydrogen-bond acceptors (Lipinski definition) is 1. The maximum Gasteiger partial charge on any atom is 0.200 e. The maximum absolute atomic E-state index is 14.1. The Balaban J connectivity index is 1.52. The van der Waals surface area contributed by atoms with Gasteiger partial charge in [-0.3, -0.25) is 0 Å². The van der Waals surface area contributed by atoms with Gasteiger partial charge in [0.1, 0.15) is 0 Å². The van der Waals surface area contributed by atoms with Crippen LogP contribution in [0.25, 0.3) is 0 Å². The molecule has 0 aliphatic heterocycles. The molecule has 0 unspecified atom stereocenters. The predicted octanol–water partition coefficient (Wildman–Crippen LogP) is 5.82. The minimum Gasteiger partial charge on any atom is -0.490 e. The van der Waals surface area contributed by atoms with E-state index in [4.69, 9.17) is 4.74 Å². The number of hydrogen-bond donors (Lipinski definition) is 0. The molecule has 0 spiro atoms. The van der Waals surface area contributed by atoms with E-state index in [2.05, 4.69) is 6.08 Å². The molecule has 3 rings (SSSR count). The molecule has 2 fully saturated rings. The Bertz CT molecular complexity index is 543. The highest BCUT2D eigenvalue weighted by Gasteiger charge is 2.17. The second-order valence-corrected chi connectivity index (χ2v) is 6.96. The Kier molecular flexibility index (Phi) is 5.69. The van der Waals surface area contributed by atoms with Crippen molar-refractivity contribution >= 4 is 0 Å². The van der Waals surface area contributed by atoms with Crippen LogP contribution in [0.3, 0.4) is 0 Å². The first-order valence-electron chi connectivity index (χ1n) is 9.00. The van der Waals surface area contributed by atoms with Crippen molar-refractivity contribution in [3.05, 3.63) is 41.5 Å². The van der Waals surface area contributed by atoms with Gasteiger partial charge < -0.3 is 4.74 Å². The molecule has 0 N–H and O–H groups in total. The van der Waals surface area contributed by atoms with E-state index in [0.29, 0.717) is 30.4 Å². The summed E-state index contributed by atoms with van der Waals surface area (Å²) >= 11 is 0. The van der Waals surface area contributed by atoms with Gasteiger partial charge in [0.2, 0.25) is 5.82 Å². The average Bonchev–Trinajstić information content (AvgIpc) is 3.01. The Hall–Kier alpha value is -1.38. The second kappa shape index (κ2) is 7.94. The van der Waals surface area contributed by atoms with E-state index in [0.717, 1.165) is 6.42 Å². The van der Waals surface area contributed by atoms with E-state index in [9.17, 15) is 8.78 Å². The van der Waals surface area contributed by atoms with Gasteiger partial charge >= 0.3 is 0 Å². The predicted molar refractivity (Wildman–Crippen MR) is 88.6 cm³/mol. The molecule has 126 valence electrons. The molecule has 1 aromatic carbocycles. The van der Waals surface area contributed by atoms with Gasteiger partial charge in [-0.2, -0.15) is 4.39 Å². The van der Waals surface area contributed by atoms with Crippen molar-refractivity contribution in [2.24, 2.45) is 11.8 Å². The first-order chi connectivity index (χ1) is 11.2. The van der Waals surface area contributed by atoms with E-state index in [1.165, 1.54) is 44.9 Å². The van der Waals surface area contributed by atoms with E-state index in [1.54, 1.807) is 12.1 Å². The van der Waals surface area contributed by atoms with Gasteiger partial charge in [0.05, 0.1) is 6.61 Å². The zero-order chi connectivity index (χ0) is 16.1. The van der Waals surface area contributed by atoms with Crippen molar-refractivity contribution < 1.29 is 13.5 Å². The van der Waals surface area contributed by atoms with E-state index < -0.39 is 11.6 Å². The second-order valence-electron chi connectivity index (χ2n) is 6.96. The summed E-state index contributed by atoms with van der Waals surface area (Å²) in [6, 6.07) is 3.22. The molecule has 0 aromatic heterocycles. The molecular weight excluding hydrogens is 294 g/mol. The van der Waals surface area contributed by atoms with Crippen molar-refractivity contribution in [1.29, 1.82) is 0 Å². The van der Waals surface area contributed by atoms with Crippen LogP contribution in [-0.2, 0) is 6.42 Å². The third-order valence-electron chi connectivity index (χ3n) is 5.28. The Morgan fingerprint density at radius 1 is 1.00 bits per heavy atom. The van der Waals surface area contributed by atoms with Crippen LogP contribution in [-0.4, -0.2) is 6.61 Å². The summed E-state index contributed by atoms with van der Waals surface area (Å²) < 4.78 is 33.7. The molecule has 0 heterocycles. The van der Waals surface area contributed by atoms with Crippen molar-refractivity contribution in [2.75, 3.05) is 6.61 Å². The van der Waals surface area contributed by atoms with Crippen LogP contribution in [0, 0.1) is 23.5 Å². The first kappa shape index (κ1) is 16.5. The molecule has 0 amide bonds. The fourth-order valence-corrected chi connectivity index (χ4v) is 3.50. The SMILES string of the molecule is Fc1c(C/C=C/C2CCC2)ccc(OCCC2CCCC2)c1F. The topological polar surface area (TPSA) is 9.23 Å². The van der Waals surface area contributed by atoms with Gasteiger partial charge in [-0.05, 0) is 49.1 Å². The Labute approximate surface area is 137 Å². The summed E-state index contributed by atoms with van der Waals surface area (Å²) in [4.78, 5) is 0. The third-order valence-corrected chi connectivity index (χ3v) is 5.28. The molecule has 1 nitrogen and oxygen atoms in total. The quantitative estimate of drug-likeness (QED) is 0.575. The van der Waals surface area contributed by atoms with E-state index in [-0.39, 0.29) is 5.75 Å². The molecule has 1 aromatic rings. The number of benzene rings is 1. The minimum absolute atomic E-state index is 0.0484. The lowest BCUT2D eigenvalue weighted by molar-refractivity contribution is 0.263. The van der Waals surface area contributed by atoms with Gasteiger partial charge in [-0.15, -0.1) is 0 Å². The smallest absolute Gasteiger partial charge is 0.200 e. The number of ether oxygens (including phenoxy) is 1. The van der Waals surface area contributed by atoms with Crippen molar-refractivity contribution in [3.8, 4) is 5.75 Å². The van der Waals surface area contributed by atoms with Crippen LogP contribution in [0.2, 0.25) is 0 Å². The average molecular weight is 320 g/mol. The summed E-state index contributed by atoms with van der Waals surface area (Å²) in [6.45, 7) is 0.474. The molecule has 2 aliphatic rings. The van der Waals surface area contributed by atoms with Gasteiger partial charge in [-0.25, -0.2) is 4.39 Å². The Morgan fingerprint density at radius 3 is 2.48 bits per heavy atom. The highest BCUT2D eigenvalue weighted by Crippen LogP contribution is 2.29. The van der Waals surface area contributed by atoms with Crippen LogP contribution in [0.5, 0.6) is 5.75 Å². The van der Waals surface area contributed by atoms with Crippen LogP contribution in [0.15, 0.2) is 24.3 Å². The van der Waals surface area contributed by atoms with Crippen LogP contribution >= 0.6 is 0 Å². The highest BCUT2D eigenvalue weighted by atomic mass is 19.2. The summed E-state index contributed by atoms with van der Waals surface area (Å²) in [5.41, 5.74) is 0.404. The fraction of sp³-hybridized carbons (Fsp3) is 0.600. The number of halogens is 2. The fourth-order valence-electron chi connectivity index (χ4n) is 3.50. The molecule has 3 heteroatoms. The van der Waals surface area contributed by atoms with Gasteiger partial charge in [-0.1, -0.05) is 50.3 Å². The van der Waals surface area contributed by atoms with Crippen molar-refractivity contribution in [2.45, 2.75) is 57.8 Å². The molecule has 0 atom stereocenters. The van der Waals surface area contributed by atoms with Crippen LogP contribution < -0.4 is 4.74 Å². The molecule has 0 saturated heterocycles. The molecule has 0 radical (unpaired) electrons. The maximum atomic E-state index is 14.1. The zero-order valence-electron chi connectivity index (χ0n) is 13.7. The lowest BCUT2D eigenvalue weighted by Crippen LogP contribution is -2.07.